The minimum atomic E-state index is -0.167. The summed E-state index contributed by atoms with van der Waals surface area (Å²) in [5.74, 6) is 0.792. The first-order valence-electron chi connectivity index (χ1n) is 8.45. The molecule has 2 unspecified atom stereocenters. The number of likely N-dealkylation sites (tertiary alicyclic amines) is 1. The Hall–Kier alpha value is -0.650. The number of morpholine rings is 1. The minimum absolute atomic E-state index is 0.167. The van der Waals surface area contributed by atoms with E-state index in [0.29, 0.717) is 17.9 Å². The van der Waals surface area contributed by atoms with Crippen LogP contribution in [0.1, 0.15) is 26.7 Å². The van der Waals surface area contributed by atoms with Crippen LogP contribution in [0.5, 0.6) is 0 Å². The second-order valence-corrected chi connectivity index (χ2v) is 7.08. The van der Waals surface area contributed by atoms with E-state index in [9.17, 15) is 4.79 Å². The molecule has 0 aromatic rings. The summed E-state index contributed by atoms with van der Waals surface area (Å²) in [6.45, 7) is 11.8. The highest BCUT2D eigenvalue weighted by atomic mass is 16.5. The van der Waals surface area contributed by atoms with Crippen molar-refractivity contribution in [2.45, 2.75) is 32.7 Å². The lowest BCUT2D eigenvalue weighted by Gasteiger charge is -2.36. The summed E-state index contributed by atoms with van der Waals surface area (Å²) in [7, 11) is 0. The van der Waals surface area contributed by atoms with Crippen LogP contribution in [0.15, 0.2) is 0 Å². The van der Waals surface area contributed by atoms with Gasteiger partial charge in [-0.25, -0.2) is 0 Å². The van der Waals surface area contributed by atoms with Gasteiger partial charge in [-0.15, -0.1) is 0 Å². The number of rotatable bonds is 3. The predicted molar refractivity (Wildman–Crippen MR) is 82.1 cm³/mol. The highest BCUT2D eigenvalue weighted by Gasteiger charge is 2.47. The lowest BCUT2D eigenvalue weighted by molar-refractivity contribution is -0.142. The number of hydrogen-bond acceptors (Lipinski definition) is 4. The van der Waals surface area contributed by atoms with Gasteiger partial charge in [0.15, 0.2) is 0 Å². The number of amides is 1. The number of hydrogen-bond donors (Lipinski definition) is 1. The lowest BCUT2D eigenvalue weighted by Crippen LogP contribution is -2.49. The molecule has 3 saturated heterocycles. The second-order valence-electron chi connectivity index (χ2n) is 7.08. The van der Waals surface area contributed by atoms with Crippen molar-refractivity contribution in [1.82, 2.24) is 15.1 Å². The molecule has 5 nitrogen and oxygen atoms in total. The molecule has 3 aliphatic heterocycles. The molecule has 1 N–H and O–H groups in total. The molecule has 120 valence electrons. The Bertz CT molecular complexity index is 374. The molecule has 0 bridgehead atoms. The topological polar surface area (TPSA) is 44.8 Å². The number of carbonyl (C=O) groups excluding carboxylic acids is 1. The first kappa shape index (κ1) is 15.3. The van der Waals surface area contributed by atoms with E-state index in [4.69, 9.17) is 4.74 Å². The smallest absolute Gasteiger partial charge is 0.230 e. The SMILES string of the molecule is CC(C)C1(C(=O)N2CCC(N3CCOCC3)C2)CCNC1. The number of nitrogens with one attached hydrogen (secondary N) is 1. The van der Waals surface area contributed by atoms with Crippen molar-refractivity contribution in [3.05, 3.63) is 0 Å². The third kappa shape index (κ3) is 2.83. The van der Waals surface area contributed by atoms with E-state index >= 15 is 0 Å². The van der Waals surface area contributed by atoms with Crippen molar-refractivity contribution < 1.29 is 9.53 Å². The van der Waals surface area contributed by atoms with E-state index in [1.165, 1.54) is 0 Å². The molecule has 1 amide bonds. The normalized spacial score (nSPS) is 34.8. The van der Waals surface area contributed by atoms with Gasteiger partial charge in [0.1, 0.15) is 0 Å². The Balaban J connectivity index is 1.63. The van der Waals surface area contributed by atoms with Crippen LogP contribution in [0, 0.1) is 11.3 Å². The van der Waals surface area contributed by atoms with Crippen LogP contribution < -0.4 is 5.32 Å². The molecule has 21 heavy (non-hydrogen) atoms. The molecular weight excluding hydrogens is 266 g/mol. The lowest BCUT2D eigenvalue weighted by atomic mass is 9.75. The fraction of sp³-hybridized carbons (Fsp3) is 0.938. The number of nitrogens with zero attached hydrogens (tertiary/aromatic N) is 2. The Kier molecular flexibility index (Phi) is 4.52. The predicted octanol–water partition coefficient (Wildman–Crippen LogP) is 0.555. The molecule has 0 aromatic carbocycles. The standard InChI is InChI=1S/C16H29N3O2/c1-13(2)16(4-5-17-12-16)15(20)19-6-3-14(11-19)18-7-9-21-10-8-18/h13-14,17H,3-12H2,1-2H3. The second kappa shape index (κ2) is 6.23. The first-order chi connectivity index (χ1) is 10.1. The summed E-state index contributed by atoms with van der Waals surface area (Å²) in [5, 5.41) is 3.40. The molecule has 2 atom stereocenters. The first-order valence-corrected chi connectivity index (χ1v) is 8.45. The Morgan fingerprint density at radius 3 is 2.67 bits per heavy atom. The fourth-order valence-electron chi connectivity index (χ4n) is 4.12. The van der Waals surface area contributed by atoms with Crippen LogP contribution in [-0.4, -0.2) is 74.2 Å². The summed E-state index contributed by atoms with van der Waals surface area (Å²) in [5.41, 5.74) is -0.167. The van der Waals surface area contributed by atoms with Crippen molar-refractivity contribution >= 4 is 5.91 Å². The van der Waals surface area contributed by atoms with Crippen LogP contribution in [0.2, 0.25) is 0 Å². The van der Waals surface area contributed by atoms with Gasteiger partial charge in [0.25, 0.3) is 0 Å². The third-order valence-electron chi connectivity index (χ3n) is 5.73. The van der Waals surface area contributed by atoms with E-state index in [2.05, 4.69) is 29.0 Å². The molecule has 0 saturated carbocycles. The van der Waals surface area contributed by atoms with E-state index < -0.39 is 0 Å². The summed E-state index contributed by atoms with van der Waals surface area (Å²) in [4.78, 5) is 17.7. The van der Waals surface area contributed by atoms with Gasteiger partial charge in [0.05, 0.1) is 18.6 Å². The average Bonchev–Trinajstić information content (AvgIpc) is 3.18. The molecule has 0 aliphatic carbocycles. The molecule has 3 aliphatic rings. The maximum Gasteiger partial charge on any atom is 0.230 e. The van der Waals surface area contributed by atoms with Crippen LogP contribution in [0.3, 0.4) is 0 Å². The average molecular weight is 295 g/mol. The van der Waals surface area contributed by atoms with Gasteiger partial charge in [0.2, 0.25) is 5.91 Å². The Morgan fingerprint density at radius 2 is 2.05 bits per heavy atom. The maximum absolute atomic E-state index is 13.1. The van der Waals surface area contributed by atoms with E-state index in [1.54, 1.807) is 0 Å². The van der Waals surface area contributed by atoms with Gasteiger partial charge in [-0.2, -0.15) is 0 Å². The minimum Gasteiger partial charge on any atom is -0.379 e. The highest BCUT2D eigenvalue weighted by molar-refractivity contribution is 5.84. The summed E-state index contributed by atoms with van der Waals surface area (Å²) in [6.07, 6.45) is 2.11. The van der Waals surface area contributed by atoms with Crippen molar-refractivity contribution in [2.75, 3.05) is 52.5 Å². The molecule has 5 heteroatoms. The van der Waals surface area contributed by atoms with Gasteiger partial charge in [-0.1, -0.05) is 13.8 Å². The van der Waals surface area contributed by atoms with Crippen LogP contribution in [-0.2, 0) is 9.53 Å². The molecular formula is C16H29N3O2. The molecule has 3 heterocycles. The number of ether oxygens (including phenoxy) is 1. The molecule has 3 rings (SSSR count). The molecule has 0 aromatic heterocycles. The largest absolute Gasteiger partial charge is 0.379 e. The zero-order valence-corrected chi connectivity index (χ0v) is 13.4. The Morgan fingerprint density at radius 1 is 1.29 bits per heavy atom. The highest BCUT2D eigenvalue weighted by Crippen LogP contribution is 2.37. The van der Waals surface area contributed by atoms with Crippen molar-refractivity contribution in [2.24, 2.45) is 11.3 Å². The monoisotopic (exact) mass is 295 g/mol. The van der Waals surface area contributed by atoms with E-state index in [-0.39, 0.29) is 5.41 Å². The van der Waals surface area contributed by atoms with Crippen molar-refractivity contribution in [1.29, 1.82) is 0 Å². The third-order valence-corrected chi connectivity index (χ3v) is 5.73. The summed E-state index contributed by atoms with van der Waals surface area (Å²) in [6, 6.07) is 0.538. The Labute approximate surface area is 128 Å². The van der Waals surface area contributed by atoms with E-state index in [1.807, 2.05) is 0 Å². The maximum atomic E-state index is 13.1. The van der Waals surface area contributed by atoms with Crippen LogP contribution in [0.4, 0.5) is 0 Å². The summed E-state index contributed by atoms with van der Waals surface area (Å²) < 4.78 is 5.43. The van der Waals surface area contributed by atoms with Gasteiger partial charge in [-0.3, -0.25) is 9.69 Å². The van der Waals surface area contributed by atoms with Crippen LogP contribution >= 0.6 is 0 Å². The molecule has 3 fully saturated rings. The van der Waals surface area contributed by atoms with Crippen molar-refractivity contribution in [3.63, 3.8) is 0 Å². The zero-order valence-electron chi connectivity index (χ0n) is 13.4. The van der Waals surface area contributed by atoms with Gasteiger partial charge < -0.3 is 15.0 Å². The van der Waals surface area contributed by atoms with Crippen LogP contribution in [0.25, 0.3) is 0 Å². The zero-order chi connectivity index (χ0) is 14.9. The van der Waals surface area contributed by atoms with Gasteiger partial charge in [0, 0.05) is 38.8 Å². The summed E-state index contributed by atoms with van der Waals surface area (Å²) >= 11 is 0. The quantitative estimate of drug-likeness (QED) is 0.826. The molecule has 0 spiro atoms. The fourth-order valence-corrected chi connectivity index (χ4v) is 4.12. The van der Waals surface area contributed by atoms with Gasteiger partial charge in [-0.05, 0) is 25.3 Å². The number of carbonyl (C=O) groups is 1. The van der Waals surface area contributed by atoms with E-state index in [0.717, 1.165) is 65.3 Å². The molecule has 0 radical (unpaired) electrons. The van der Waals surface area contributed by atoms with Crippen molar-refractivity contribution in [3.8, 4) is 0 Å². The van der Waals surface area contributed by atoms with Gasteiger partial charge >= 0.3 is 0 Å².